The first-order valence-electron chi connectivity index (χ1n) is 10.9. The van der Waals surface area contributed by atoms with E-state index in [-0.39, 0.29) is 5.91 Å². The van der Waals surface area contributed by atoms with E-state index in [2.05, 4.69) is 10.2 Å². The normalized spacial score (nSPS) is 13.8. The van der Waals surface area contributed by atoms with Crippen molar-refractivity contribution < 1.29 is 23.7 Å². The summed E-state index contributed by atoms with van der Waals surface area (Å²) in [6.45, 7) is 7.64. The maximum Gasteiger partial charge on any atom is 0.267 e. The lowest BCUT2D eigenvalue weighted by Crippen LogP contribution is -2.36. The number of benzene rings is 2. The second-order valence-electron chi connectivity index (χ2n) is 7.34. The van der Waals surface area contributed by atoms with Gasteiger partial charge in [0.25, 0.3) is 5.91 Å². The monoisotopic (exact) mass is 490 g/mol. The molecule has 1 saturated heterocycles. The standard InChI is InChI=1S/C24H27ClN2O5S/c1-4-31-19-14-18(27-8-10-30-11-9-27)20(32-5-2)13-17(19)26-24(28)23-22(25)16-12-15(29-3)6-7-21(16)33-23/h6-7,12-14H,4-5,8-11H2,1-3H3,(H,26,28). The quantitative estimate of drug-likeness (QED) is 0.453. The SMILES string of the molecule is CCOc1cc(N2CCOCC2)c(OCC)cc1NC(=O)c1sc2ccc(OC)cc2c1Cl. The van der Waals surface area contributed by atoms with Crippen LogP contribution in [0.3, 0.4) is 0 Å². The number of rotatable bonds is 8. The van der Waals surface area contributed by atoms with E-state index in [4.69, 9.17) is 30.5 Å². The van der Waals surface area contributed by atoms with E-state index in [0.717, 1.165) is 28.9 Å². The van der Waals surface area contributed by atoms with Crippen molar-refractivity contribution in [2.75, 3.05) is 56.8 Å². The second kappa shape index (κ2) is 10.5. The number of nitrogens with zero attached hydrogens (tertiary/aromatic N) is 1. The predicted octanol–water partition coefficient (Wildman–Crippen LogP) is 5.45. The molecule has 0 aliphatic carbocycles. The zero-order valence-electron chi connectivity index (χ0n) is 18.9. The molecule has 0 spiro atoms. The van der Waals surface area contributed by atoms with Crippen LogP contribution in [0, 0.1) is 0 Å². The number of ether oxygens (including phenoxy) is 4. The fourth-order valence-corrected chi connectivity index (χ4v) is 5.13. The van der Waals surface area contributed by atoms with Crippen molar-refractivity contribution in [3.63, 3.8) is 0 Å². The zero-order valence-corrected chi connectivity index (χ0v) is 20.5. The van der Waals surface area contributed by atoms with Crippen molar-refractivity contribution in [2.45, 2.75) is 13.8 Å². The molecule has 0 unspecified atom stereocenters. The van der Waals surface area contributed by atoms with E-state index >= 15 is 0 Å². The van der Waals surface area contributed by atoms with Gasteiger partial charge in [-0.1, -0.05) is 11.6 Å². The molecule has 1 aromatic heterocycles. The molecule has 0 atom stereocenters. The summed E-state index contributed by atoms with van der Waals surface area (Å²) >= 11 is 7.91. The number of halogens is 1. The predicted molar refractivity (Wildman–Crippen MR) is 133 cm³/mol. The molecule has 4 rings (SSSR count). The number of hydrogen-bond donors (Lipinski definition) is 1. The summed E-state index contributed by atoms with van der Waals surface area (Å²) < 4.78 is 23.5. The van der Waals surface area contributed by atoms with Gasteiger partial charge in [0.05, 0.1) is 49.9 Å². The third-order valence-electron chi connectivity index (χ3n) is 5.30. The number of anilines is 2. The lowest BCUT2D eigenvalue weighted by atomic mass is 10.2. The number of thiophene rings is 1. The summed E-state index contributed by atoms with van der Waals surface area (Å²) in [5.74, 6) is 1.65. The van der Waals surface area contributed by atoms with Crippen LogP contribution in [0.5, 0.6) is 17.2 Å². The van der Waals surface area contributed by atoms with Crippen LogP contribution >= 0.6 is 22.9 Å². The third kappa shape index (κ3) is 4.98. The molecule has 7 nitrogen and oxygen atoms in total. The third-order valence-corrected chi connectivity index (χ3v) is 6.98. The Bertz CT molecular complexity index is 1140. The Morgan fingerprint density at radius 1 is 1.12 bits per heavy atom. The van der Waals surface area contributed by atoms with Gasteiger partial charge in [-0.15, -0.1) is 11.3 Å². The van der Waals surface area contributed by atoms with Gasteiger partial charge in [0.15, 0.2) is 0 Å². The van der Waals surface area contributed by atoms with Gasteiger partial charge in [-0.3, -0.25) is 4.79 Å². The average Bonchev–Trinajstić information content (AvgIpc) is 3.17. The van der Waals surface area contributed by atoms with Crippen LogP contribution < -0.4 is 24.4 Å². The van der Waals surface area contributed by atoms with Crippen LogP contribution in [0.25, 0.3) is 10.1 Å². The van der Waals surface area contributed by atoms with Gasteiger partial charge < -0.3 is 29.2 Å². The molecule has 0 saturated carbocycles. The largest absolute Gasteiger partial charge is 0.497 e. The summed E-state index contributed by atoms with van der Waals surface area (Å²) in [6, 6.07) is 9.33. The smallest absolute Gasteiger partial charge is 0.267 e. The number of nitrogens with one attached hydrogen (secondary N) is 1. The topological polar surface area (TPSA) is 69.3 Å². The highest BCUT2D eigenvalue weighted by molar-refractivity contribution is 7.21. The van der Waals surface area contributed by atoms with Crippen LogP contribution in [0.15, 0.2) is 30.3 Å². The second-order valence-corrected chi connectivity index (χ2v) is 8.77. The molecule has 0 bridgehead atoms. The van der Waals surface area contributed by atoms with Gasteiger partial charge in [0.2, 0.25) is 0 Å². The van der Waals surface area contributed by atoms with Crippen LogP contribution in [0.4, 0.5) is 11.4 Å². The average molecular weight is 491 g/mol. The molecule has 33 heavy (non-hydrogen) atoms. The van der Waals surface area contributed by atoms with E-state index in [1.54, 1.807) is 7.11 Å². The van der Waals surface area contributed by atoms with Crippen molar-refractivity contribution in [3.05, 3.63) is 40.2 Å². The Morgan fingerprint density at radius 2 is 1.85 bits per heavy atom. The highest BCUT2D eigenvalue weighted by atomic mass is 35.5. The number of methoxy groups -OCH3 is 1. The van der Waals surface area contributed by atoms with E-state index in [1.165, 1.54) is 11.3 Å². The molecule has 1 aliphatic heterocycles. The van der Waals surface area contributed by atoms with Crippen molar-refractivity contribution in [1.29, 1.82) is 0 Å². The molecular formula is C24H27ClN2O5S. The fourth-order valence-electron chi connectivity index (χ4n) is 3.74. The molecule has 1 N–H and O–H groups in total. The zero-order chi connectivity index (χ0) is 23.4. The maximum absolute atomic E-state index is 13.2. The van der Waals surface area contributed by atoms with E-state index < -0.39 is 0 Å². The molecular weight excluding hydrogens is 464 g/mol. The van der Waals surface area contributed by atoms with Gasteiger partial charge >= 0.3 is 0 Å². The van der Waals surface area contributed by atoms with Crippen LogP contribution in [0.2, 0.25) is 5.02 Å². The van der Waals surface area contributed by atoms with Gasteiger partial charge in [-0.05, 0) is 32.0 Å². The number of morpholine rings is 1. The van der Waals surface area contributed by atoms with Gasteiger partial charge in [-0.25, -0.2) is 0 Å². The Kier molecular flexibility index (Phi) is 7.47. The fraction of sp³-hybridized carbons (Fsp3) is 0.375. The molecule has 1 fully saturated rings. The molecule has 0 radical (unpaired) electrons. The minimum Gasteiger partial charge on any atom is -0.497 e. The maximum atomic E-state index is 13.2. The first-order chi connectivity index (χ1) is 16.0. The molecule has 3 aromatic rings. The number of amides is 1. The summed E-state index contributed by atoms with van der Waals surface area (Å²) in [5.41, 5.74) is 1.46. The van der Waals surface area contributed by atoms with Crippen molar-refractivity contribution in [1.82, 2.24) is 0 Å². The summed E-state index contributed by atoms with van der Waals surface area (Å²) in [4.78, 5) is 15.9. The van der Waals surface area contributed by atoms with E-state index in [1.807, 2.05) is 44.2 Å². The number of carbonyl (C=O) groups is 1. The van der Waals surface area contributed by atoms with Crippen LogP contribution in [0.1, 0.15) is 23.5 Å². The Labute approximate surface area is 202 Å². The van der Waals surface area contributed by atoms with Crippen molar-refractivity contribution in [3.8, 4) is 17.2 Å². The molecule has 2 aromatic carbocycles. The van der Waals surface area contributed by atoms with E-state index in [0.29, 0.717) is 59.3 Å². The summed E-state index contributed by atoms with van der Waals surface area (Å²) in [7, 11) is 1.60. The molecule has 176 valence electrons. The summed E-state index contributed by atoms with van der Waals surface area (Å²) in [5, 5.41) is 4.17. The molecule has 1 aliphatic rings. The Morgan fingerprint density at radius 3 is 2.55 bits per heavy atom. The first-order valence-corrected chi connectivity index (χ1v) is 12.1. The highest BCUT2D eigenvalue weighted by Crippen LogP contribution is 2.41. The molecule has 1 amide bonds. The van der Waals surface area contributed by atoms with Gasteiger partial charge in [0.1, 0.15) is 22.1 Å². The number of carbonyl (C=O) groups excluding carboxylic acids is 1. The molecule has 2 heterocycles. The van der Waals surface area contributed by atoms with Crippen LogP contribution in [-0.2, 0) is 4.74 Å². The lowest BCUT2D eigenvalue weighted by Gasteiger charge is -2.31. The summed E-state index contributed by atoms with van der Waals surface area (Å²) in [6.07, 6.45) is 0. The minimum atomic E-state index is -0.303. The Hall–Kier alpha value is -2.68. The first kappa shape index (κ1) is 23.5. The van der Waals surface area contributed by atoms with E-state index in [9.17, 15) is 4.79 Å². The van der Waals surface area contributed by atoms with Crippen molar-refractivity contribution >= 4 is 50.3 Å². The van der Waals surface area contributed by atoms with Gasteiger partial charge in [0, 0.05) is 35.3 Å². The molecule has 9 heteroatoms. The number of fused-ring (bicyclic) bond motifs is 1. The van der Waals surface area contributed by atoms with Crippen molar-refractivity contribution in [2.24, 2.45) is 0 Å². The highest BCUT2D eigenvalue weighted by Gasteiger charge is 2.23. The lowest BCUT2D eigenvalue weighted by molar-refractivity contribution is 0.103. The Balaban J connectivity index is 1.69. The van der Waals surface area contributed by atoms with Crippen LogP contribution in [-0.4, -0.2) is 52.5 Å². The minimum absolute atomic E-state index is 0.303. The van der Waals surface area contributed by atoms with Gasteiger partial charge in [-0.2, -0.15) is 0 Å². The number of hydrogen-bond acceptors (Lipinski definition) is 7.